The second kappa shape index (κ2) is 3.35. The van der Waals surface area contributed by atoms with E-state index in [2.05, 4.69) is 26.8 Å². The Morgan fingerprint density at radius 1 is 1.21 bits per heavy atom. The first-order valence-electron chi connectivity index (χ1n) is 5.49. The molecule has 1 heterocycles. The number of hydrogen-bond acceptors (Lipinski definition) is 2. The van der Waals surface area contributed by atoms with Gasteiger partial charge in [-0.3, -0.25) is 0 Å². The summed E-state index contributed by atoms with van der Waals surface area (Å²) in [4.78, 5) is 0. The van der Waals surface area contributed by atoms with Gasteiger partial charge in [0, 0.05) is 12.8 Å². The zero-order valence-corrected chi connectivity index (χ0v) is 9.43. The van der Waals surface area contributed by atoms with Crippen LogP contribution in [0.3, 0.4) is 0 Å². The van der Waals surface area contributed by atoms with Crippen LogP contribution in [0, 0.1) is 5.41 Å². The summed E-state index contributed by atoms with van der Waals surface area (Å²) in [6, 6.07) is 0. The van der Waals surface area contributed by atoms with E-state index in [0.29, 0.717) is 5.41 Å². The minimum absolute atomic E-state index is 0.255. The Balaban J connectivity index is 2.06. The smallest absolute Gasteiger partial charge is 0.172 e. The molecular weight excluding hydrogens is 176 g/mol. The van der Waals surface area contributed by atoms with Crippen LogP contribution in [0.25, 0.3) is 0 Å². The van der Waals surface area contributed by atoms with Gasteiger partial charge in [-0.05, 0) is 11.8 Å². The third-order valence-electron chi connectivity index (χ3n) is 3.21. The highest BCUT2D eigenvalue weighted by Gasteiger charge is 2.38. The van der Waals surface area contributed by atoms with E-state index < -0.39 is 0 Å². The molecule has 0 aromatic heterocycles. The van der Waals surface area contributed by atoms with Crippen molar-refractivity contribution in [3.63, 3.8) is 0 Å². The molecule has 0 N–H and O–H groups in total. The van der Waals surface area contributed by atoms with Gasteiger partial charge in [0.2, 0.25) is 0 Å². The van der Waals surface area contributed by atoms with Gasteiger partial charge >= 0.3 is 0 Å². The number of allylic oxidation sites excluding steroid dienone is 1. The maximum Gasteiger partial charge on any atom is 0.172 e. The highest BCUT2D eigenvalue weighted by Crippen LogP contribution is 2.40. The van der Waals surface area contributed by atoms with Crippen LogP contribution in [0.1, 0.15) is 40.0 Å². The normalized spacial score (nSPS) is 26.6. The highest BCUT2D eigenvalue weighted by atomic mass is 16.7. The van der Waals surface area contributed by atoms with E-state index in [-0.39, 0.29) is 5.79 Å². The van der Waals surface area contributed by atoms with Crippen LogP contribution in [0.15, 0.2) is 11.6 Å². The monoisotopic (exact) mass is 196 g/mol. The predicted molar refractivity (Wildman–Crippen MR) is 56.0 cm³/mol. The summed E-state index contributed by atoms with van der Waals surface area (Å²) in [5.41, 5.74) is 1.85. The summed E-state index contributed by atoms with van der Waals surface area (Å²) < 4.78 is 11.4. The number of rotatable bonds is 0. The molecule has 80 valence electrons. The first kappa shape index (κ1) is 10.2. The molecule has 1 fully saturated rings. The molecule has 2 aliphatic rings. The van der Waals surface area contributed by atoms with Crippen LogP contribution in [0.2, 0.25) is 0 Å². The van der Waals surface area contributed by atoms with Crippen LogP contribution in [-0.4, -0.2) is 19.0 Å². The topological polar surface area (TPSA) is 18.5 Å². The Bertz CT molecular complexity index is 242. The first-order valence-corrected chi connectivity index (χ1v) is 5.49. The molecule has 2 heteroatoms. The molecule has 1 aliphatic heterocycles. The standard InChI is InChI=1S/C12H20O2/c1-11(2,3)10-4-6-12(7-5-10)13-8-9-14-12/h4H,5-9H2,1-3H3. The zero-order chi connectivity index (χ0) is 10.2. The fourth-order valence-electron chi connectivity index (χ4n) is 2.25. The van der Waals surface area contributed by atoms with Crippen molar-refractivity contribution in [1.29, 1.82) is 0 Å². The molecule has 1 spiro atoms. The van der Waals surface area contributed by atoms with Crippen molar-refractivity contribution >= 4 is 0 Å². The van der Waals surface area contributed by atoms with Crippen molar-refractivity contribution in [3.8, 4) is 0 Å². The van der Waals surface area contributed by atoms with E-state index in [1.54, 1.807) is 5.57 Å². The lowest BCUT2D eigenvalue weighted by Crippen LogP contribution is -2.33. The second-order valence-electron chi connectivity index (χ2n) is 5.29. The molecule has 0 aromatic carbocycles. The molecule has 0 aromatic rings. The Kier molecular flexibility index (Phi) is 2.44. The largest absolute Gasteiger partial charge is 0.347 e. The molecule has 1 aliphatic carbocycles. The van der Waals surface area contributed by atoms with Gasteiger partial charge in [-0.2, -0.15) is 0 Å². The molecule has 0 unspecified atom stereocenters. The van der Waals surface area contributed by atoms with Gasteiger partial charge in [-0.1, -0.05) is 32.4 Å². The average molecular weight is 196 g/mol. The van der Waals surface area contributed by atoms with E-state index in [1.165, 1.54) is 0 Å². The molecule has 0 radical (unpaired) electrons. The molecule has 2 nitrogen and oxygen atoms in total. The Labute approximate surface area is 86.3 Å². The molecule has 0 atom stereocenters. The van der Waals surface area contributed by atoms with Gasteiger partial charge in [0.15, 0.2) is 5.79 Å². The Morgan fingerprint density at radius 2 is 1.86 bits per heavy atom. The van der Waals surface area contributed by atoms with Crippen molar-refractivity contribution in [2.45, 2.75) is 45.8 Å². The lowest BCUT2D eigenvalue weighted by atomic mass is 9.79. The van der Waals surface area contributed by atoms with Crippen molar-refractivity contribution in [2.24, 2.45) is 5.41 Å². The molecule has 0 bridgehead atoms. The predicted octanol–water partition coefficient (Wildman–Crippen LogP) is 2.89. The molecule has 1 saturated heterocycles. The van der Waals surface area contributed by atoms with Crippen LogP contribution in [-0.2, 0) is 9.47 Å². The first-order chi connectivity index (χ1) is 6.52. The average Bonchev–Trinajstić information content (AvgIpc) is 2.53. The molecule has 14 heavy (non-hydrogen) atoms. The molecule has 0 saturated carbocycles. The van der Waals surface area contributed by atoms with Crippen LogP contribution >= 0.6 is 0 Å². The highest BCUT2D eigenvalue weighted by molar-refractivity contribution is 5.15. The SMILES string of the molecule is CC(C)(C)C1=CCC2(CC1)OCCO2. The summed E-state index contributed by atoms with van der Waals surface area (Å²) in [5, 5.41) is 0. The van der Waals surface area contributed by atoms with E-state index in [9.17, 15) is 0 Å². The van der Waals surface area contributed by atoms with E-state index >= 15 is 0 Å². The van der Waals surface area contributed by atoms with E-state index in [0.717, 1.165) is 32.5 Å². The van der Waals surface area contributed by atoms with E-state index in [1.807, 2.05) is 0 Å². The lowest BCUT2D eigenvalue weighted by molar-refractivity contribution is -0.162. The third kappa shape index (κ3) is 1.86. The van der Waals surface area contributed by atoms with Crippen molar-refractivity contribution in [2.75, 3.05) is 13.2 Å². The van der Waals surface area contributed by atoms with Crippen LogP contribution in [0.5, 0.6) is 0 Å². The zero-order valence-electron chi connectivity index (χ0n) is 9.43. The molecule has 0 amide bonds. The summed E-state index contributed by atoms with van der Waals surface area (Å²) in [6.07, 6.45) is 5.38. The van der Waals surface area contributed by atoms with Gasteiger partial charge in [0.25, 0.3) is 0 Å². The summed E-state index contributed by atoms with van der Waals surface area (Å²) in [6.45, 7) is 8.34. The minimum atomic E-state index is -0.255. The lowest BCUT2D eigenvalue weighted by Gasteiger charge is -2.34. The summed E-state index contributed by atoms with van der Waals surface area (Å²) >= 11 is 0. The maximum absolute atomic E-state index is 5.68. The van der Waals surface area contributed by atoms with Crippen LogP contribution < -0.4 is 0 Å². The number of ether oxygens (including phenoxy) is 2. The maximum atomic E-state index is 5.68. The van der Waals surface area contributed by atoms with Gasteiger partial charge in [-0.15, -0.1) is 0 Å². The second-order valence-corrected chi connectivity index (χ2v) is 5.29. The Hall–Kier alpha value is -0.340. The van der Waals surface area contributed by atoms with Gasteiger partial charge in [-0.25, -0.2) is 0 Å². The minimum Gasteiger partial charge on any atom is -0.347 e. The Morgan fingerprint density at radius 3 is 2.29 bits per heavy atom. The van der Waals surface area contributed by atoms with Gasteiger partial charge < -0.3 is 9.47 Å². The quantitative estimate of drug-likeness (QED) is 0.555. The number of hydrogen-bond donors (Lipinski definition) is 0. The third-order valence-corrected chi connectivity index (χ3v) is 3.21. The van der Waals surface area contributed by atoms with Crippen molar-refractivity contribution < 1.29 is 9.47 Å². The molecular formula is C12H20O2. The van der Waals surface area contributed by atoms with E-state index in [4.69, 9.17) is 9.47 Å². The summed E-state index contributed by atoms with van der Waals surface area (Å²) in [7, 11) is 0. The van der Waals surface area contributed by atoms with Gasteiger partial charge in [0.05, 0.1) is 13.2 Å². The van der Waals surface area contributed by atoms with Crippen LogP contribution in [0.4, 0.5) is 0 Å². The summed E-state index contributed by atoms with van der Waals surface area (Å²) in [5.74, 6) is -0.255. The fraction of sp³-hybridized carbons (Fsp3) is 0.833. The van der Waals surface area contributed by atoms with Gasteiger partial charge in [0.1, 0.15) is 0 Å². The van der Waals surface area contributed by atoms with Crippen molar-refractivity contribution in [3.05, 3.63) is 11.6 Å². The van der Waals surface area contributed by atoms with Crippen molar-refractivity contribution in [1.82, 2.24) is 0 Å². The molecule has 2 rings (SSSR count). The fourth-order valence-corrected chi connectivity index (χ4v) is 2.25.